The average molecular weight is 222 g/mol. The van der Waals surface area contributed by atoms with Gasteiger partial charge in [0.2, 0.25) is 0 Å². The van der Waals surface area contributed by atoms with E-state index in [0.717, 1.165) is 25.7 Å². The van der Waals surface area contributed by atoms with Gasteiger partial charge in [-0.3, -0.25) is 9.59 Å². The summed E-state index contributed by atoms with van der Waals surface area (Å²) < 4.78 is 0. The van der Waals surface area contributed by atoms with E-state index in [1.54, 1.807) is 0 Å². The van der Waals surface area contributed by atoms with Crippen molar-refractivity contribution >= 4 is 11.6 Å². The van der Waals surface area contributed by atoms with Crippen molar-refractivity contribution in [2.24, 2.45) is 11.8 Å². The molecule has 0 unspecified atom stereocenters. The lowest BCUT2D eigenvalue weighted by molar-refractivity contribution is -0.128. The normalized spacial score (nSPS) is 25.4. The number of rotatable bonds is 6. The largest absolute Gasteiger partial charge is 0.299 e. The minimum absolute atomic E-state index is 0.200. The number of ketones is 2. The standard InChI is InChI=1S/C14H22O2/c1-3-5-13(15)11-7-9-12(10-8-11)14(16)6-4-2/h11-12H,1-10H2. The quantitative estimate of drug-likeness (QED) is 0.691. The molecule has 0 aromatic rings. The van der Waals surface area contributed by atoms with E-state index in [0.29, 0.717) is 37.2 Å². The minimum Gasteiger partial charge on any atom is -0.299 e. The Kier molecular flexibility index (Phi) is 5.72. The Bertz CT molecular complexity index is 211. The van der Waals surface area contributed by atoms with Crippen molar-refractivity contribution in [2.45, 2.75) is 51.4 Å². The summed E-state index contributed by atoms with van der Waals surface area (Å²) in [6.45, 7) is 7.41. The molecule has 1 rings (SSSR count). The van der Waals surface area contributed by atoms with Crippen LogP contribution >= 0.6 is 0 Å². The predicted molar refractivity (Wildman–Crippen MR) is 64.6 cm³/mol. The fourth-order valence-electron chi connectivity index (χ4n) is 2.49. The highest BCUT2D eigenvalue weighted by Gasteiger charge is 2.28. The molecule has 1 aliphatic carbocycles. The van der Waals surface area contributed by atoms with Gasteiger partial charge in [-0.05, 0) is 38.5 Å². The number of carbonyl (C=O) groups excluding carboxylic acids is 2. The third-order valence-electron chi connectivity index (χ3n) is 3.48. The first-order valence-corrected chi connectivity index (χ1v) is 6.33. The summed E-state index contributed by atoms with van der Waals surface area (Å²) in [7, 11) is 0. The lowest BCUT2D eigenvalue weighted by Crippen LogP contribution is -2.25. The molecule has 0 aromatic carbocycles. The fourth-order valence-corrected chi connectivity index (χ4v) is 2.49. The molecule has 0 spiro atoms. The maximum Gasteiger partial charge on any atom is 0.135 e. The monoisotopic (exact) mass is 222 g/mol. The van der Waals surface area contributed by atoms with Gasteiger partial charge in [-0.2, -0.15) is 0 Å². The van der Waals surface area contributed by atoms with Crippen LogP contribution in [-0.2, 0) is 9.59 Å². The van der Waals surface area contributed by atoms with E-state index in [-0.39, 0.29) is 11.8 Å². The molecule has 0 bridgehead atoms. The van der Waals surface area contributed by atoms with Crippen molar-refractivity contribution in [3.63, 3.8) is 0 Å². The van der Waals surface area contributed by atoms with E-state index in [9.17, 15) is 9.59 Å². The van der Waals surface area contributed by atoms with E-state index in [1.807, 2.05) is 0 Å². The van der Waals surface area contributed by atoms with E-state index in [1.165, 1.54) is 0 Å². The van der Waals surface area contributed by atoms with Crippen LogP contribution in [-0.4, -0.2) is 11.6 Å². The zero-order chi connectivity index (χ0) is 12.0. The van der Waals surface area contributed by atoms with Gasteiger partial charge < -0.3 is 0 Å². The molecule has 2 radical (unpaired) electrons. The molecule has 0 heterocycles. The minimum atomic E-state index is 0.200. The van der Waals surface area contributed by atoms with Crippen molar-refractivity contribution in [3.8, 4) is 0 Å². The first kappa shape index (κ1) is 13.4. The molecule has 90 valence electrons. The van der Waals surface area contributed by atoms with E-state index in [2.05, 4.69) is 13.8 Å². The van der Waals surface area contributed by atoms with Crippen LogP contribution in [0.2, 0.25) is 0 Å². The first-order chi connectivity index (χ1) is 7.69. The van der Waals surface area contributed by atoms with Gasteiger partial charge in [0, 0.05) is 24.7 Å². The smallest absolute Gasteiger partial charge is 0.135 e. The third-order valence-corrected chi connectivity index (χ3v) is 3.48. The van der Waals surface area contributed by atoms with Crippen molar-refractivity contribution in [3.05, 3.63) is 13.8 Å². The van der Waals surface area contributed by atoms with E-state index < -0.39 is 0 Å². The summed E-state index contributed by atoms with van der Waals surface area (Å²) in [5.41, 5.74) is 0. The topological polar surface area (TPSA) is 34.1 Å². The summed E-state index contributed by atoms with van der Waals surface area (Å²) in [6.07, 6.45) is 6.17. The van der Waals surface area contributed by atoms with Crippen molar-refractivity contribution in [1.29, 1.82) is 0 Å². The maximum absolute atomic E-state index is 11.7. The van der Waals surface area contributed by atoms with Crippen LogP contribution in [0.5, 0.6) is 0 Å². The van der Waals surface area contributed by atoms with Crippen LogP contribution in [0.15, 0.2) is 0 Å². The van der Waals surface area contributed by atoms with Crippen molar-refractivity contribution < 1.29 is 9.59 Å². The highest BCUT2D eigenvalue weighted by Crippen LogP contribution is 2.31. The Hall–Kier alpha value is -0.660. The van der Waals surface area contributed by atoms with E-state index >= 15 is 0 Å². The second-order valence-electron chi connectivity index (χ2n) is 4.69. The van der Waals surface area contributed by atoms with Gasteiger partial charge in [-0.25, -0.2) is 0 Å². The van der Waals surface area contributed by atoms with Crippen LogP contribution in [0.4, 0.5) is 0 Å². The van der Waals surface area contributed by atoms with Crippen molar-refractivity contribution in [1.82, 2.24) is 0 Å². The second kappa shape index (κ2) is 6.82. The molecule has 2 heteroatoms. The molecule has 0 amide bonds. The zero-order valence-corrected chi connectivity index (χ0v) is 10.0. The van der Waals surface area contributed by atoms with Gasteiger partial charge in [-0.1, -0.05) is 13.8 Å². The summed E-state index contributed by atoms with van der Waals surface area (Å²) in [6, 6.07) is 0. The van der Waals surface area contributed by atoms with Gasteiger partial charge in [0.1, 0.15) is 11.6 Å². The van der Waals surface area contributed by atoms with Crippen molar-refractivity contribution in [2.75, 3.05) is 0 Å². The summed E-state index contributed by atoms with van der Waals surface area (Å²) in [5.74, 6) is 1.09. The molecule has 1 aliphatic rings. The van der Waals surface area contributed by atoms with Crippen LogP contribution < -0.4 is 0 Å². The predicted octanol–water partition coefficient (Wildman–Crippen LogP) is 3.16. The fraction of sp³-hybridized carbons (Fsp3) is 0.714. The SMILES string of the molecule is [CH2]CCC(=O)C1CCC(C(=O)CC[CH2])CC1. The Morgan fingerprint density at radius 2 is 1.12 bits per heavy atom. The molecule has 1 fully saturated rings. The lowest BCUT2D eigenvalue weighted by Gasteiger charge is -2.26. The summed E-state index contributed by atoms with van der Waals surface area (Å²) in [4.78, 5) is 23.3. The molecule has 0 aliphatic heterocycles. The number of Topliss-reactive ketones (excluding diaryl/α,β-unsaturated/α-hetero) is 2. The Labute approximate surface area is 98.8 Å². The Morgan fingerprint density at radius 1 is 0.812 bits per heavy atom. The second-order valence-corrected chi connectivity index (χ2v) is 4.69. The van der Waals surface area contributed by atoms with Crippen LogP contribution in [0.1, 0.15) is 51.4 Å². The van der Waals surface area contributed by atoms with Crippen LogP contribution in [0.25, 0.3) is 0 Å². The summed E-state index contributed by atoms with van der Waals surface area (Å²) in [5, 5.41) is 0. The molecule has 2 nitrogen and oxygen atoms in total. The average Bonchev–Trinajstić information content (AvgIpc) is 2.30. The molecule has 1 saturated carbocycles. The third kappa shape index (κ3) is 3.73. The molecule has 0 atom stereocenters. The highest BCUT2D eigenvalue weighted by molar-refractivity contribution is 5.83. The number of hydrogen-bond donors (Lipinski definition) is 0. The molecule has 16 heavy (non-hydrogen) atoms. The first-order valence-electron chi connectivity index (χ1n) is 6.33. The van der Waals surface area contributed by atoms with Gasteiger partial charge in [0.05, 0.1) is 0 Å². The van der Waals surface area contributed by atoms with Crippen LogP contribution in [0, 0.1) is 25.7 Å². The maximum atomic E-state index is 11.7. The molecule has 0 N–H and O–H groups in total. The number of carbonyl (C=O) groups is 2. The number of hydrogen-bond acceptors (Lipinski definition) is 2. The van der Waals surface area contributed by atoms with Gasteiger partial charge in [0.25, 0.3) is 0 Å². The van der Waals surface area contributed by atoms with Gasteiger partial charge >= 0.3 is 0 Å². The van der Waals surface area contributed by atoms with E-state index in [4.69, 9.17) is 0 Å². The lowest BCUT2D eigenvalue weighted by atomic mass is 9.77. The highest BCUT2D eigenvalue weighted by atomic mass is 16.1. The Balaban J connectivity index is 2.33. The molecular weight excluding hydrogens is 200 g/mol. The van der Waals surface area contributed by atoms with Gasteiger partial charge in [-0.15, -0.1) is 0 Å². The molecule has 0 aromatic heterocycles. The molecular formula is C14H22O2. The zero-order valence-electron chi connectivity index (χ0n) is 10.0. The Morgan fingerprint density at radius 3 is 1.38 bits per heavy atom. The van der Waals surface area contributed by atoms with Gasteiger partial charge in [0.15, 0.2) is 0 Å². The van der Waals surface area contributed by atoms with Crippen LogP contribution in [0.3, 0.4) is 0 Å². The molecule has 0 saturated heterocycles. The summed E-state index contributed by atoms with van der Waals surface area (Å²) >= 11 is 0.